The molecule has 2 amide bonds. The van der Waals surface area contributed by atoms with Gasteiger partial charge < -0.3 is 10.6 Å². The predicted octanol–water partition coefficient (Wildman–Crippen LogP) is 1.68. The number of hydrogen-bond donors (Lipinski definition) is 2. The minimum absolute atomic E-state index is 0.0740. The molecule has 0 saturated carbocycles. The zero-order valence-electron chi connectivity index (χ0n) is 10.8. The molecule has 5 nitrogen and oxygen atoms in total. The van der Waals surface area contributed by atoms with Gasteiger partial charge in [-0.15, -0.1) is 0 Å². The topological polar surface area (TPSA) is 75.3 Å². The molecule has 106 valence electrons. The third-order valence-electron chi connectivity index (χ3n) is 2.33. The highest BCUT2D eigenvalue weighted by molar-refractivity contribution is 9.10. The molecule has 1 aromatic carbocycles. The number of benzene rings is 1. The lowest BCUT2D eigenvalue weighted by molar-refractivity contribution is 0.238. The van der Waals surface area contributed by atoms with Gasteiger partial charge in [-0.25, -0.2) is 13.2 Å². The molecule has 19 heavy (non-hydrogen) atoms. The van der Waals surface area contributed by atoms with Crippen LogP contribution in [0.25, 0.3) is 0 Å². The van der Waals surface area contributed by atoms with Gasteiger partial charge in [0.15, 0.2) is 0 Å². The van der Waals surface area contributed by atoms with Crippen LogP contribution in [0.3, 0.4) is 0 Å². The first-order valence-electron chi connectivity index (χ1n) is 5.73. The van der Waals surface area contributed by atoms with Crippen LogP contribution in [-0.2, 0) is 16.4 Å². The Morgan fingerprint density at radius 2 is 2.00 bits per heavy atom. The van der Waals surface area contributed by atoms with E-state index in [0.29, 0.717) is 6.54 Å². The Morgan fingerprint density at radius 3 is 2.58 bits per heavy atom. The highest BCUT2D eigenvalue weighted by Crippen LogP contribution is 2.15. The molecule has 0 saturated heterocycles. The second-order valence-corrected chi connectivity index (χ2v) is 7.45. The summed E-state index contributed by atoms with van der Waals surface area (Å²) in [5, 5.41) is 5.26. The molecule has 7 heteroatoms. The summed E-state index contributed by atoms with van der Waals surface area (Å²) in [5.74, 6) is -0.0740. The van der Waals surface area contributed by atoms with Crippen LogP contribution in [-0.4, -0.2) is 32.5 Å². The van der Waals surface area contributed by atoms with E-state index >= 15 is 0 Å². The highest BCUT2D eigenvalue weighted by Gasteiger charge is 2.12. The molecule has 0 aliphatic rings. The number of sulfone groups is 1. The van der Waals surface area contributed by atoms with E-state index in [2.05, 4.69) is 26.6 Å². The SMILES string of the molecule is C[C@H](CS(C)(=O)=O)NC(=O)NCc1ccccc1Br. The summed E-state index contributed by atoms with van der Waals surface area (Å²) >= 11 is 3.39. The Bertz CT molecular complexity index is 546. The lowest BCUT2D eigenvalue weighted by Gasteiger charge is -2.14. The van der Waals surface area contributed by atoms with E-state index in [1.165, 1.54) is 0 Å². The number of urea groups is 1. The van der Waals surface area contributed by atoms with E-state index in [4.69, 9.17) is 0 Å². The van der Waals surface area contributed by atoms with Gasteiger partial charge >= 0.3 is 6.03 Å². The molecule has 0 aliphatic carbocycles. The van der Waals surface area contributed by atoms with Crippen LogP contribution < -0.4 is 10.6 Å². The average molecular weight is 349 g/mol. The van der Waals surface area contributed by atoms with Gasteiger partial charge in [0.25, 0.3) is 0 Å². The first kappa shape index (κ1) is 16.0. The van der Waals surface area contributed by atoms with Crippen molar-refractivity contribution in [3.8, 4) is 0 Å². The summed E-state index contributed by atoms with van der Waals surface area (Å²) < 4.78 is 23.1. The van der Waals surface area contributed by atoms with Crippen molar-refractivity contribution < 1.29 is 13.2 Å². The quantitative estimate of drug-likeness (QED) is 0.849. The van der Waals surface area contributed by atoms with Crippen LogP contribution in [0.5, 0.6) is 0 Å². The fourth-order valence-electron chi connectivity index (χ4n) is 1.59. The molecule has 0 aliphatic heterocycles. The predicted molar refractivity (Wildman–Crippen MR) is 78.7 cm³/mol. The van der Waals surface area contributed by atoms with Crippen molar-refractivity contribution in [1.29, 1.82) is 0 Å². The molecule has 1 rings (SSSR count). The van der Waals surface area contributed by atoms with E-state index < -0.39 is 15.9 Å². The Morgan fingerprint density at radius 1 is 1.37 bits per heavy atom. The largest absolute Gasteiger partial charge is 0.335 e. The van der Waals surface area contributed by atoms with E-state index in [1.54, 1.807) is 6.92 Å². The van der Waals surface area contributed by atoms with Crippen molar-refractivity contribution in [1.82, 2.24) is 10.6 Å². The third kappa shape index (κ3) is 6.58. The summed E-state index contributed by atoms with van der Waals surface area (Å²) in [6.07, 6.45) is 1.14. The molecule has 0 spiro atoms. The van der Waals surface area contributed by atoms with Crippen molar-refractivity contribution in [2.24, 2.45) is 0 Å². The molecule has 0 unspecified atom stereocenters. The summed E-state index contributed by atoms with van der Waals surface area (Å²) in [6, 6.07) is 6.75. The van der Waals surface area contributed by atoms with E-state index in [0.717, 1.165) is 16.3 Å². The molecular weight excluding hydrogens is 332 g/mol. The van der Waals surface area contributed by atoms with Crippen molar-refractivity contribution in [2.75, 3.05) is 12.0 Å². The summed E-state index contributed by atoms with van der Waals surface area (Å²) in [7, 11) is -3.09. The van der Waals surface area contributed by atoms with Gasteiger partial charge in [0.2, 0.25) is 0 Å². The van der Waals surface area contributed by atoms with Crippen LogP contribution in [0.2, 0.25) is 0 Å². The maximum absolute atomic E-state index is 11.6. The fourth-order valence-corrected chi connectivity index (χ4v) is 3.00. The van der Waals surface area contributed by atoms with Gasteiger partial charge in [-0.2, -0.15) is 0 Å². The van der Waals surface area contributed by atoms with Crippen molar-refractivity contribution in [2.45, 2.75) is 19.5 Å². The van der Waals surface area contributed by atoms with Crippen molar-refractivity contribution in [3.05, 3.63) is 34.3 Å². The highest BCUT2D eigenvalue weighted by atomic mass is 79.9. The summed E-state index contributed by atoms with van der Waals surface area (Å²) in [4.78, 5) is 11.6. The van der Waals surface area contributed by atoms with Crippen LogP contribution in [0.15, 0.2) is 28.7 Å². The Hall–Kier alpha value is -1.08. The minimum Gasteiger partial charge on any atom is -0.335 e. The van der Waals surface area contributed by atoms with E-state index in [1.807, 2.05) is 24.3 Å². The zero-order chi connectivity index (χ0) is 14.5. The van der Waals surface area contributed by atoms with Gasteiger partial charge in [0, 0.05) is 23.3 Å². The third-order valence-corrected chi connectivity index (χ3v) is 4.21. The van der Waals surface area contributed by atoms with Crippen LogP contribution in [0.1, 0.15) is 12.5 Å². The maximum atomic E-state index is 11.6. The monoisotopic (exact) mass is 348 g/mol. The van der Waals surface area contributed by atoms with Crippen LogP contribution in [0.4, 0.5) is 4.79 Å². The number of hydrogen-bond acceptors (Lipinski definition) is 3. The van der Waals surface area contributed by atoms with Crippen molar-refractivity contribution >= 4 is 31.8 Å². The molecule has 2 N–H and O–H groups in total. The molecule has 1 aromatic rings. The Kier molecular flexibility index (Phi) is 5.81. The molecule has 0 radical (unpaired) electrons. The fraction of sp³-hybridized carbons (Fsp3) is 0.417. The molecule has 0 bridgehead atoms. The number of carbonyl (C=O) groups is 1. The number of carbonyl (C=O) groups excluding carboxylic acids is 1. The molecule has 1 atom stereocenters. The molecule has 0 aromatic heterocycles. The second-order valence-electron chi connectivity index (χ2n) is 4.41. The van der Waals surface area contributed by atoms with Crippen molar-refractivity contribution in [3.63, 3.8) is 0 Å². The van der Waals surface area contributed by atoms with Gasteiger partial charge in [-0.05, 0) is 18.6 Å². The van der Waals surface area contributed by atoms with Gasteiger partial charge in [0.05, 0.1) is 5.75 Å². The van der Waals surface area contributed by atoms with Gasteiger partial charge in [-0.3, -0.25) is 0 Å². The van der Waals surface area contributed by atoms with E-state index in [9.17, 15) is 13.2 Å². The van der Waals surface area contributed by atoms with Gasteiger partial charge in [-0.1, -0.05) is 34.1 Å². The summed E-state index contributed by atoms with van der Waals surface area (Å²) in [6.45, 7) is 2.03. The number of rotatable bonds is 5. The normalized spacial score (nSPS) is 12.8. The number of halogens is 1. The van der Waals surface area contributed by atoms with Crippen LogP contribution in [0, 0.1) is 0 Å². The smallest absolute Gasteiger partial charge is 0.315 e. The lowest BCUT2D eigenvalue weighted by atomic mass is 10.2. The minimum atomic E-state index is -3.09. The molecule has 0 heterocycles. The molecular formula is C12H17BrN2O3S. The zero-order valence-corrected chi connectivity index (χ0v) is 13.2. The Balaban J connectivity index is 2.42. The Labute approximate surface area is 121 Å². The lowest BCUT2D eigenvalue weighted by Crippen LogP contribution is -2.43. The maximum Gasteiger partial charge on any atom is 0.315 e. The summed E-state index contributed by atoms with van der Waals surface area (Å²) in [5.41, 5.74) is 0.952. The van der Waals surface area contributed by atoms with Crippen LogP contribution >= 0.6 is 15.9 Å². The number of amides is 2. The number of nitrogens with one attached hydrogen (secondary N) is 2. The standard InChI is InChI=1S/C12H17BrN2O3S/c1-9(8-19(2,17)18)15-12(16)14-7-10-5-3-4-6-11(10)13/h3-6,9H,7-8H2,1-2H3,(H2,14,15,16)/t9-/m1/s1. The van der Waals surface area contributed by atoms with Gasteiger partial charge in [0.1, 0.15) is 9.84 Å². The van der Waals surface area contributed by atoms with E-state index in [-0.39, 0.29) is 11.8 Å². The first-order valence-corrected chi connectivity index (χ1v) is 8.59. The average Bonchev–Trinajstić information content (AvgIpc) is 2.25. The molecule has 0 fully saturated rings. The first-order chi connectivity index (χ1) is 8.78. The second kappa shape index (κ2) is 6.91.